The first-order valence-corrected chi connectivity index (χ1v) is 8.44. The summed E-state index contributed by atoms with van der Waals surface area (Å²) in [6.07, 6.45) is -0.413. The highest BCUT2D eigenvalue weighted by molar-refractivity contribution is 5.89. The van der Waals surface area contributed by atoms with E-state index in [1.54, 1.807) is 13.0 Å². The highest BCUT2D eigenvalue weighted by Gasteiger charge is 2.53. The average molecular weight is 380 g/mol. The van der Waals surface area contributed by atoms with Gasteiger partial charge in [-0.1, -0.05) is 32.7 Å². The van der Waals surface area contributed by atoms with Gasteiger partial charge in [-0.2, -0.15) is 0 Å². The van der Waals surface area contributed by atoms with Crippen molar-refractivity contribution in [2.24, 2.45) is 17.3 Å². The molecule has 150 valence electrons. The lowest BCUT2D eigenvalue weighted by Crippen LogP contribution is -2.54. The third-order valence-corrected chi connectivity index (χ3v) is 5.16. The highest BCUT2D eigenvalue weighted by atomic mass is 16.5. The monoisotopic (exact) mass is 380 g/mol. The fourth-order valence-electron chi connectivity index (χ4n) is 3.62. The molecular formula is C20H28O7. The molecule has 1 aliphatic rings. The smallest absolute Gasteiger partial charge is 0.336 e. The molecule has 1 rings (SSSR count). The zero-order valence-corrected chi connectivity index (χ0v) is 15.8. The minimum Gasteiger partial charge on any atom is -0.466 e. The summed E-state index contributed by atoms with van der Waals surface area (Å²) < 4.78 is 10.1. The van der Waals surface area contributed by atoms with Crippen LogP contribution in [-0.2, 0) is 19.1 Å². The van der Waals surface area contributed by atoms with Crippen LogP contribution >= 0.6 is 0 Å². The van der Waals surface area contributed by atoms with E-state index < -0.39 is 48.0 Å². The fraction of sp³-hybridized carbons (Fsp3) is 0.500. The van der Waals surface area contributed by atoms with E-state index in [-0.39, 0.29) is 24.2 Å². The van der Waals surface area contributed by atoms with Crippen molar-refractivity contribution >= 4 is 11.9 Å². The molecule has 3 N–H and O–H groups in total. The lowest BCUT2D eigenvalue weighted by Gasteiger charge is -2.50. The predicted octanol–water partition coefficient (Wildman–Crippen LogP) is 0.914. The summed E-state index contributed by atoms with van der Waals surface area (Å²) >= 11 is 0. The van der Waals surface area contributed by atoms with Gasteiger partial charge in [0.15, 0.2) is 0 Å². The zero-order valence-electron chi connectivity index (χ0n) is 15.8. The molecule has 0 bridgehead atoms. The topological polar surface area (TPSA) is 113 Å². The SMILES string of the molecule is C=CC1(C)CC(OC(=O)C(=C)CO)C(C(=C)C(=O)OC)C(O)C1C(=C)CO. The third-order valence-electron chi connectivity index (χ3n) is 5.16. The molecule has 0 heterocycles. The first kappa shape index (κ1) is 22.8. The number of hydrogen-bond donors (Lipinski definition) is 3. The number of methoxy groups -OCH3 is 1. The summed E-state index contributed by atoms with van der Waals surface area (Å²) in [7, 11) is 1.18. The van der Waals surface area contributed by atoms with Gasteiger partial charge < -0.3 is 24.8 Å². The average Bonchev–Trinajstić information content (AvgIpc) is 2.65. The molecule has 0 aromatic heterocycles. The van der Waals surface area contributed by atoms with Gasteiger partial charge in [0, 0.05) is 11.5 Å². The second kappa shape index (κ2) is 9.12. The van der Waals surface area contributed by atoms with Crippen LogP contribution in [0.3, 0.4) is 0 Å². The number of allylic oxidation sites excluding steroid dienone is 1. The van der Waals surface area contributed by atoms with Crippen LogP contribution in [0, 0.1) is 17.3 Å². The number of rotatable bonds is 8. The lowest BCUT2D eigenvalue weighted by atomic mass is 9.58. The molecule has 7 nitrogen and oxygen atoms in total. The van der Waals surface area contributed by atoms with E-state index in [1.807, 2.05) is 0 Å². The van der Waals surface area contributed by atoms with Crippen LogP contribution in [0.25, 0.3) is 0 Å². The van der Waals surface area contributed by atoms with Crippen molar-refractivity contribution in [3.05, 3.63) is 49.1 Å². The van der Waals surface area contributed by atoms with Gasteiger partial charge in [0.2, 0.25) is 0 Å². The quantitative estimate of drug-likeness (QED) is 0.326. The van der Waals surface area contributed by atoms with Crippen molar-refractivity contribution in [2.75, 3.05) is 20.3 Å². The van der Waals surface area contributed by atoms with Gasteiger partial charge in [-0.05, 0) is 17.4 Å². The Hall–Kier alpha value is -2.22. The molecule has 0 aromatic rings. The van der Waals surface area contributed by atoms with Crippen LogP contribution < -0.4 is 0 Å². The van der Waals surface area contributed by atoms with Gasteiger partial charge >= 0.3 is 11.9 Å². The Kier molecular flexibility index (Phi) is 7.71. The van der Waals surface area contributed by atoms with Crippen molar-refractivity contribution < 1.29 is 34.4 Å². The first-order valence-electron chi connectivity index (χ1n) is 8.44. The number of ether oxygens (including phenoxy) is 2. The Morgan fingerprint density at radius 2 is 1.78 bits per heavy atom. The summed E-state index contributed by atoms with van der Waals surface area (Å²) in [6, 6.07) is 0. The molecule has 7 heteroatoms. The van der Waals surface area contributed by atoms with Gasteiger partial charge in [0.05, 0.1) is 37.9 Å². The third kappa shape index (κ3) is 4.55. The van der Waals surface area contributed by atoms with E-state index in [1.165, 1.54) is 7.11 Å². The van der Waals surface area contributed by atoms with Crippen LogP contribution in [0.4, 0.5) is 0 Å². The Bertz CT molecular complexity index is 651. The van der Waals surface area contributed by atoms with Crippen molar-refractivity contribution in [1.82, 2.24) is 0 Å². The second-order valence-electron chi connectivity index (χ2n) is 6.95. The molecule has 0 saturated heterocycles. The van der Waals surface area contributed by atoms with Crippen molar-refractivity contribution in [1.29, 1.82) is 0 Å². The number of carbonyl (C=O) groups excluding carboxylic acids is 2. The van der Waals surface area contributed by atoms with E-state index >= 15 is 0 Å². The molecule has 0 aliphatic heterocycles. The zero-order chi connectivity index (χ0) is 20.9. The van der Waals surface area contributed by atoms with E-state index in [4.69, 9.17) is 14.6 Å². The Labute approximate surface area is 159 Å². The van der Waals surface area contributed by atoms with Crippen LogP contribution in [0.1, 0.15) is 13.3 Å². The van der Waals surface area contributed by atoms with Gasteiger partial charge in [0.1, 0.15) is 6.10 Å². The standard InChI is InChI=1S/C20H28O7/c1-7-20(5)8-14(27-18(24)12(3)10-22)15(13(4)19(25)26-6)17(23)16(20)11(2)9-21/h7,14-17,21-23H,1-4,8-10H2,5-6H3. The van der Waals surface area contributed by atoms with Crippen LogP contribution in [0.15, 0.2) is 49.1 Å². The number of esters is 2. The van der Waals surface area contributed by atoms with Crippen LogP contribution in [0.5, 0.6) is 0 Å². The van der Waals surface area contributed by atoms with Crippen molar-refractivity contribution in [3.63, 3.8) is 0 Å². The normalized spacial score (nSPS) is 30.1. The van der Waals surface area contributed by atoms with Gasteiger partial charge in [-0.3, -0.25) is 0 Å². The summed E-state index contributed by atoms with van der Waals surface area (Å²) in [4.78, 5) is 24.2. The molecule has 0 aromatic carbocycles. The molecule has 5 atom stereocenters. The maximum absolute atomic E-state index is 12.1. The van der Waals surface area contributed by atoms with E-state index in [2.05, 4.69) is 26.3 Å². The number of aliphatic hydroxyl groups excluding tert-OH is 3. The van der Waals surface area contributed by atoms with Crippen molar-refractivity contribution in [2.45, 2.75) is 25.6 Å². The first-order chi connectivity index (χ1) is 12.6. The molecule has 27 heavy (non-hydrogen) atoms. The highest BCUT2D eigenvalue weighted by Crippen LogP contribution is 2.50. The molecule has 1 saturated carbocycles. The van der Waals surface area contributed by atoms with Crippen LogP contribution in [-0.4, -0.2) is 59.8 Å². The summed E-state index contributed by atoms with van der Waals surface area (Å²) in [5.74, 6) is -3.24. The van der Waals surface area contributed by atoms with E-state index in [0.29, 0.717) is 5.57 Å². The minimum absolute atomic E-state index is 0.0701. The number of aliphatic hydroxyl groups is 3. The Morgan fingerprint density at radius 1 is 1.19 bits per heavy atom. The lowest BCUT2D eigenvalue weighted by molar-refractivity contribution is -0.161. The van der Waals surface area contributed by atoms with E-state index in [0.717, 1.165) is 0 Å². The Balaban J connectivity index is 3.40. The number of carbonyl (C=O) groups is 2. The molecular weight excluding hydrogens is 352 g/mol. The molecule has 5 unspecified atom stereocenters. The predicted molar refractivity (Wildman–Crippen MR) is 99.4 cm³/mol. The molecule has 0 amide bonds. The second-order valence-corrected chi connectivity index (χ2v) is 6.95. The maximum atomic E-state index is 12.1. The summed E-state index contributed by atoms with van der Waals surface area (Å²) in [5.41, 5.74) is -0.650. The summed E-state index contributed by atoms with van der Waals surface area (Å²) in [6.45, 7) is 15.6. The van der Waals surface area contributed by atoms with Gasteiger partial charge in [0.25, 0.3) is 0 Å². The van der Waals surface area contributed by atoms with Gasteiger partial charge in [-0.25, -0.2) is 9.59 Å². The van der Waals surface area contributed by atoms with Gasteiger partial charge in [-0.15, -0.1) is 6.58 Å². The molecule has 1 aliphatic carbocycles. The van der Waals surface area contributed by atoms with Crippen LogP contribution in [0.2, 0.25) is 0 Å². The number of hydrogen-bond acceptors (Lipinski definition) is 7. The maximum Gasteiger partial charge on any atom is 0.336 e. The fourth-order valence-corrected chi connectivity index (χ4v) is 3.62. The molecule has 1 fully saturated rings. The molecule has 0 spiro atoms. The van der Waals surface area contributed by atoms with E-state index in [9.17, 15) is 19.8 Å². The summed E-state index contributed by atoms with van der Waals surface area (Å²) in [5, 5.41) is 29.7. The molecule has 0 radical (unpaired) electrons. The minimum atomic E-state index is -1.24. The largest absolute Gasteiger partial charge is 0.466 e. The van der Waals surface area contributed by atoms with Crippen molar-refractivity contribution in [3.8, 4) is 0 Å². The Morgan fingerprint density at radius 3 is 2.22 bits per heavy atom.